The van der Waals surface area contributed by atoms with Gasteiger partial charge in [-0.25, -0.2) is 0 Å². The molecule has 0 aliphatic carbocycles. The Labute approximate surface area is 90.9 Å². The lowest BCUT2D eigenvalue weighted by Gasteiger charge is -2.05. The Kier molecular flexibility index (Phi) is 3.10. The minimum Gasteiger partial charge on any atom is -0.370 e. The van der Waals surface area contributed by atoms with Crippen LogP contribution in [-0.2, 0) is 4.74 Å². The molecule has 0 spiro atoms. The molecule has 0 bridgehead atoms. The van der Waals surface area contributed by atoms with Gasteiger partial charge in [-0.05, 0) is 11.4 Å². The molecule has 6 heteroatoms. The Balaban J connectivity index is 2.24. The van der Waals surface area contributed by atoms with Crippen molar-refractivity contribution in [2.45, 2.75) is 6.10 Å². The van der Waals surface area contributed by atoms with E-state index in [9.17, 15) is 0 Å². The van der Waals surface area contributed by atoms with Gasteiger partial charge in [0.1, 0.15) is 6.10 Å². The van der Waals surface area contributed by atoms with Crippen LogP contribution < -0.4 is 5.73 Å². The number of thiophene rings is 1. The molecule has 0 amide bonds. The molecule has 0 aromatic carbocycles. The number of rotatable bonds is 4. The van der Waals surface area contributed by atoms with Crippen LogP contribution in [0.25, 0.3) is 11.4 Å². The molecule has 80 valence electrons. The largest absolute Gasteiger partial charge is 0.370 e. The molecule has 2 rings (SSSR count). The zero-order valence-electron chi connectivity index (χ0n) is 8.21. The van der Waals surface area contributed by atoms with Gasteiger partial charge in [0.05, 0.1) is 0 Å². The number of ether oxygens (including phenoxy) is 1. The third-order valence-corrected chi connectivity index (χ3v) is 2.68. The van der Waals surface area contributed by atoms with Crippen LogP contribution in [0, 0.1) is 0 Å². The standard InChI is InChI=1S/C9H11N3O2S/c1-13-7(4-10)9-11-8(12-14-9)6-2-3-15-5-6/h2-3,5,7H,4,10H2,1H3. The Morgan fingerprint density at radius 2 is 2.53 bits per heavy atom. The topological polar surface area (TPSA) is 74.2 Å². The molecule has 0 aliphatic rings. The molecule has 2 aromatic rings. The maximum atomic E-state index is 5.49. The zero-order valence-corrected chi connectivity index (χ0v) is 9.03. The van der Waals surface area contributed by atoms with Crippen LogP contribution in [0.3, 0.4) is 0 Å². The maximum absolute atomic E-state index is 5.49. The van der Waals surface area contributed by atoms with Crippen molar-refractivity contribution in [1.29, 1.82) is 0 Å². The van der Waals surface area contributed by atoms with E-state index >= 15 is 0 Å². The highest BCUT2D eigenvalue weighted by Crippen LogP contribution is 2.21. The molecule has 1 atom stereocenters. The summed E-state index contributed by atoms with van der Waals surface area (Å²) >= 11 is 1.59. The van der Waals surface area contributed by atoms with Crippen LogP contribution in [0.15, 0.2) is 21.3 Å². The average molecular weight is 225 g/mol. The third-order valence-electron chi connectivity index (χ3n) is 2.00. The molecule has 0 saturated heterocycles. The van der Waals surface area contributed by atoms with Crippen molar-refractivity contribution in [2.75, 3.05) is 13.7 Å². The SMILES string of the molecule is COC(CN)c1nc(-c2ccsc2)no1. The van der Waals surface area contributed by atoms with Gasteiger partial charge < -0.3 is 15.0 Å². The van der Waals surface area contributed by atoms with Gasteiger partial charge in [0.25, 0.3) is 5.89 Å². The van der Waals surface area contributed by atoms with Crippen LogP contribution in [0.2, 0.25) is 0 Å². The first-order valence-corrected chi connectivity index (χ1v) is 5.38. The first-order chi connectivity index (χ1) is 7.35. The molecule has 0 fully saturated rings. The molecule has 0 saturated carbocycles. The fourth-order valence-electron chi connectivity index (χ4n) is 1.17. The lowest BCUT2D eigenvalue weighted by atomic mass is 10.3. The zero-order chi connectivity index (χ0) is 10.7. The van der Waals surface area contributed by atoms with E-state index in [1.54, 1.807) is 18.4 Å². The molecule has 1 unspecified atom stereocenters. The highest BCUT2D eigenvalue weighted by Gasteiger charge is 2.17. The molecule has 2 N–H and O–H groups in total. The quantitative estimate of drug-likeness (QED) is 0.852. The number of hydrogen-bond donors (Lipinski definition) is 1. The van der Waals surface area contributed by atoms with Crippen molar-refractivity contribution >= 4 is 11.3 Å². The lowest BCUT2D eigenvalue weighted by Crippen LogP contribution is -2.14. The number of nitrogens with zero attached hydrogens (tertiary/aromatic N) is 2. The monoisotopic (exact) mass is 225 g/mol. The maximum Gasteiger partial charge on any atom is 0.257 e. The smallest absolute Gasteiger partial charge is 0.257 e. The Bertz CT molecular complexity index is 409. The fraction of sp³-hybridized carbons (Fsp3) is 0.333. The fourth-order valence-corrected chi connectivity index (χ4v) is 1.81. The van der Waals surface area contributed by atoms with Gasteiger partial charge in [0, 0.05) is 24.6 Å². The molecule has 2 heterocycles. The highest BCUT2D eigenvalue weighted by atomic mass is 32.1. The van der Waals surface area contributed by atoms with Gasteiger partial charge in [-0.15, -0.1) is 0 Å². The van der Waals surface area contributed by atoms with Crippen LogP contribution in [0.5, 0.6) is 0 Å². The number of methoxy groups -OCH3 is 1. The minimum atomic E-state index is -0.329. The van der Waals surface area contributed by atoms with E-state index in [0.717, 1.165) is 5.56 Å². The van der Waals surface area contributed by atoms with Crippen LogP contribution in [0.4, 0.5) is 0 Å². The summed E-state index contributed by atoms with van der Waals surface area (Å²) in [5.74, 6) is 0.989. The third kappa shape index (κ3) is 2.06. The number of aromatic nitrogens is 2. The van der Waals surface area contributed by atoms with E-state index < -0.39 is 0 Å². The second-order valence-electron chi connectivity index (χ2n) is 2.93. The average Bonchev–Trinajstić information content (AvgIpc) is 2.89. The van der Waals surface area contributed by atoms with E-state index in [1.807, 2.05) is 16.8 Å². The first kappa shape index (κ1) is 10.3. The summed E-state index contributed by atoms with van der Waals surface area (Å²) in [5.41, 5.74) is 6.44. The van der Waals surface area contributed by atoms with Crippen molar-refractivity contribution in [3.63, 3.8) is 0 Å². The number of nitrogens with two attached hydrogens (primary N) is 1. The molecule has 2 aromatic heterocycles. The first-order valence-electron chi connectivity index (χ1n) is 4.44. The summed E-state index contributed by atoms with van der Waals surface area (Å²) in [5, 5.41) is 7.78. The normalized spacial score (nSPS) is 12.9. The summed E-state index contributed by atoms with van der Waals surface area (Å²) in [6.45, 7) is 0.321. The van der Waals surface area contributed by atoms with E-state index in [4.69, 9.17) is 15.0 Å². The van der Waals surface area contributed by atoms with Crippen LogP contribution in [-0.4, -0.2) is 23.8 Å². The Morgan fingerprint density at radius 3 is 3.13 bits per heavy atom. The van der Waals surface area contributed by atoms with Crippen molar-refractivity contribution in [1.82, 2.24) is 10.1 Å². The van der Waals surface area contributed by atoms with Crippen molar-refractivity contribution in [3.05, 3.63) is 22.7 Å². The van der Waals surface area contributed by atoms with Crippen molar-refractivity contribution in [2.24, 2.45) is 5.73 Å². The van der Waals surface area contributed by atoms with Crippen molar-refractivity contribution < 1.29 is 9.26 Å². The van der Waals surface area contributed by atoms with Gasteiger partial charge in [-0.2, -0.15) is 16.3 Å². The number of hydrogen-bond acceptors (Lipinski definition) is 6. The molecular formula is C9H11N3O2S. The summed E-state index contributed by atoms with van der Waals surface area (Å²) < 4.78 is 10.2. The highest BCUT2D eigenvalue weighted by molar-refractivity contribution is 7.08. The summed E-state index contributed by atoms with van der Waals surface area (Å²) in [6, 6.07) is 1.93. The van der Waals surface area contributed by atoms with E-state index in [0.29, 0.717) is 18.3 Å². The molecule has 0 aliphatic heterocycles. The molecule has 5 nitrogen and oxygen atoms in total. The van der Waals surface area contributed by atoms with Crippen LogP contribution >= 0.6 is 11.3 Å². The predicted octanol–water partition coefficient (Wildman–Crippen LogP) is 1.44. The Hall–Kier alpha value is -1.24. The van der Waals surface area contributed by atoms with E-state index in [1.165, 1.54) is 0 Å². The van der Waals surface area contributed by atoms with Crippen LogP contribution in [0.1, 0.15) is 12.0 Å². The van der Waals surface area contributed by atoms with Gasteiger partial charge in [-0.3, -0.25) is 0 Å². The molecular weight excluding hydrogens is 214 g/mol. The van der Waals surface area contributed by atoms with E-state index in [2.05, 4.69) is 10.1 Å². The second-order valence-corrected chi connectivity index (χ2v) is 3.71. The second kappa shape index (κ2) is 4.52. The minimum absolute atomic E-state index is 0.321. The van der Waals surface area contributed by atoms with Gasteiger partial charge in [-0.1, -0.05) is 5.16 Å². The van der Waals surface area contributed by atoms with Gasteiger partial charge in [0.2, 0.25) is 5.82 Å². The van der Waals surface area contributed by atoms with Crippen molar-refractivity contribution in [3.8, 4) is 11.4 Å². The molecule has 15 heavy (non-hydrogen) atoms. The Morgan fingerprint density at radius 1 is 1.67 bits per heavy atom. The summed E-state index contributed by atoms with van der Waals surface area (Å²) in [7, 11) is 1.56. The predicted molar refractivity (Wildman–Crippen MR) is 56.4 cm³/mol. The van der Waals surface area contributed by atoms with E-state index in [-0.39, 0.29) is 6.10 Å². The summed E-state index contributed by atoms with van der Waals surface area (Å²) in [6.07, 6.45) is -0.329. The van der Waals surface area contributed by atoms with Gasteiger partial charge >= 0.3 is 0 Å². The van der Waals surface area contributed by atoms with Gasteiger partial charge in [0.15, 0.2) is 0 Å². The summed E-state index contributed by atoms with van der Waals surface area (Å²) in [4.78, 5) is 4.22. The lowest BCUT2D eigenvalue weighted by molar-refractivity contribution is 0.0804. The molecule has 0 radical (unpaired) electrons.